The second-order valence-corrected chi connectivity index (χ2v) is 26.4. The number of aliphatic hydroxyl groups excluding tert-OH is 11. The Morgan fingerprint density at radius 2 is 0.700 bits per heavy atom. The molecule has 17 atom stereocenters. The molecule has 0 aromatic heterocycles. The average molecular weight is 1410 g/mol. The highest BCUT2D eigenvalue weighted by atomic mass is 16.8. The monoisotopic (exact) mass is 1410 g/mol. The first kappa shape index (κ1) is 89.9. The number of unbranched alkanes of at least 4 members (excludes halogenated alkanes) is 19. The van der Waals surface area contributed by atoms with Gasteiger partial charge in [-0.25, -0.2) is 0 Å². The number of nitrogens with one attached hydrogen (secondary N) is 1. The van der Waals surface area contributed by atoms with Crippen LogP contribution >= 0.6 is 0 Å². The SMILES string of the molecule is CC/C=C\C/C=C\C/C=C\C/C=C\C/C=C\C/C=C\C/C=C\C/C=C\C/C=C\C/C=C\CCCCCCCCCCCCC(=O)NC(COC1OC(CO)C(OC2OC(CO)C(OC3OC(CO)C(O)C(O)C3O)C(O)C2O)C(O)C1O)C(O)/C=C/CC/C=C/CCCCCCCCCC. The van der Waals surface area contributed by atoms with E-state index in [0.717, 1.165) is 116 Å². The number of carbonyl (C=O) groups excluding carboxylic acids is 1. The summed E-state index contributed by atoms with van der Waals surface area (Å²) < 4.78 is 34.3. The van der Waals surface area contributed by atoms with E-state index in [2.05, 4.69) is 153 Å². The second kappa shape index (κ2) is 60.0. The number of carbonyl (C=O) groups is 1. The van der Waals surface area contributed by atoms with E-state index in [-0.39, 0.29) is 18.9 Å². The van der Waals surface area contributed by atoms with Crippen LogP contribution in [-0.4, -0.2) is 193 Å². The molecule has 570 valence electrons. The third-order valence-corrected chi connectivity index (χ3v) is 17.9. The van der Waals surface area contributed by atoms with Gasteiger partial charge in [-0.2, -0.15) is 0 Å². The zero-order valence-electron chi connectivity index (χ0n) is 60.6. The van der Waals surface area contributed by atoms with Gasteiger partial charge in [0.2, 0.25) is 5.91 Å². The van der Waals surface area contributed by atoms with Gasteiger partial charge in [0.25, 0.3) is 0 Å². The highest BCUT2D eigenvalue weighted by Gasteiger charge is 2.53. The molecule has 19 nitrogen and oxygen atoms in total. The summed E-state index contributed by atoms with van der Waals surface area (Å²) >= 11 is 0. The third-order valence-electron chi connectivity index (χ3n) is 17.9. The highest BCUT2D eigenvalue weighted by Crippen LogP contribution is 2.33. The summed E-state index contributed by atoms with van der Waals surface area (Å²) in [5, 5.41) is 121. The molecule has 12 N–H and O–H groups in total. The third kappa shape index (κ3) is 40.1. The van der Waals surface area contributed by atoms with E-state index in [9.17, 15) is 61.0 Å². The van der Waals surface area contributed by atoms with Gasteiger partial charge in [-0.1, -0.05) is 256 Å². The van der Waals surface area contributed by atoms with Gasteiger partial charge in [0, 0.05) is 6.42 Å². The predicted molar refractivity (Wildman–Crippen MR) is 396 cm³/mol. The summed E-state index contributed by atoms with van der Waals surface area (Å²) in [5.41, 5.74) is 0. The van der Waals surface area contributed by atoms with Crippen molar-refractivity contribution >= 4 is 5.91 Å². The number of aliphatic hydroxyl groups is 11. The Morgan fingerprint density at radius 3 is 1.12 bits per heavy atom. The van der Waals surface area contributed by atoms with Crippen molar-refractivity contribution in [2.75, 3.05) is 26.4 Å². The summed E-state index contributed by atoms with van der Waals surface area (Å²) in [6, 6.07) is -1.00. The Labute approximate surface area is 600 Å². The summed E-state index contributed by atoms with van der Waals surface area (Å²) in [4.78, 5) is 13.4. The van der Waals surface area contributed by atoms with Gasteiger partial charge in [0.05, 0.1) is 38.6 Å². The lowest BCUT2D eigenvalue weighted by Crippen LogP contribution is -2.66. The normalized spacial score (nSPS) is 27.3. The maximum absolute atomic E-state index is 13.4. The smallest absolute Gasteiger partial charge is 0.220 e. The van der Waals surface area contributed by atoms with Crippen molar-refractivity contribution in [1.82, 2.24) is 5.32 Å². The van der Waals surface area contributed by atoms with Gasteiger partial charge < -0.3 is 89.9 Å². The first-order valence-electron chi connectivity index (χ1n) is 38.1. The lowest BCUT2D eigenvalue weighted by Gasteiger charge is -2.48. The second-order valence-electron chi connectivity index (χ2n) is 26.4. The zero-order valence-corrected chi connectivity index (χ0v) is 60.6. The van der Waals surface area contributed by atoms with Crippen molar-refractivity contribution in [3.8, 4) is 0 Å². The minimum Gasteiger partial charge on any atom is -0.394 e. The Bertz CT molecular complexity index is 2380. The van der Waals surface area contributed by atoms with Crippen molar-refractivity contribution in [2.45, 2.75) is 330 Å². The Balaban J connectivity index is 1.33. The average Bonchev–Trinajstić information content (AvgIpc) is 0.783. The lowest BCUT2D eigenvalue weighted by molar-refractivity contribution is -0.379. The van der Waals surface area contributed by atoms with Crippen LogP contribution < -0.4 is 5.32 Å². The van der Waals surface area contributed by atoms with Gasteiger partial charge >= 0.3 is 0 Å². The summed E-state index contributed by atoms with van der Waals surface area (Å²) in [6.07, 6.45) is 59.8. The Hall–Kier alpha value is -4.33. The fourth-order valence-corrected chi connectivity index (χ4v) is 11.8. The quantitative estimate of drug-likeness (QED) is 0.0199. The minimum absolute atomic E-state index is 0.221. The van der Waals surface area contributed by atoms with E-state index in [1.54, 1.807) is 6.08 Å². The predicted octanol–water partition coefficient (Wildman–Crippen LogP) is 11.9. The number of allylic oxidation sites excluding steroid dienone is 23. The van der Waals surface area contributed by atoms with E-state index in [4.69, 9.17) is 28.4 Å². The molecule has 100 heavy (non-hydrogen) atoms. The number of hydrogen-bond donors (Lipinski definition) is 12. The standard InChI is InChI=1S/C81H133NO18/c1-3-5-7-9-11-13-15-17-19-20-21-22-23-24-25-26-27-28-29-30-31-32-33-34-35-36-37-38-39-40-41-42-43-44-45-47-49-51-53-55-57-59-69(87)82-64(65(86)58-56-54-52-50-48-46-18-16-14-12-10-8-6-4-2)63-95-79-75(93)72(90)77(67(61-84)97-79)100-81-76(94)73(91)78(68(62-85)98-81)99-80-74(92)71(89)70(88)66(60-83)96-80/h5,7,11,13,17,19,21-22,24-25,27-28,30-31,33-34,36-37,39-40,48,50,56,58,64-68,70-81,83-86,88-94H,3-4,6,8-10,12,14-16,18,20,23,26,29,32,35,38,41-47,49,51-55,57,59-63H2,1-2H3,(H,82,87)/b7-5-,13-11-,19-17-,22-21-,25-24-,28-27-,31-30-,34-33-,37-36-,40-39-,50-48+,58-56+. The maximum Gasteiger partial charge on any atom is 0.220 e. The fraction of sp³-hybridized carbons (Fsp3) is 0.691. The van der Waals surface area contributed by atoms with Crippen LogP contribution in [0.15, 0.2) is 146 Å². The van der Waals surface area contributed by atoms with Crippen molar-refractivity contribution in [3.63, 3.8) is 0 Å². The zero-order chi connectivity index (χ0) is 72.5. The van der Waals surface area contributed by atoms with Gasteiger partial charge in [0.15, 0.2) is 18.9 Å². The molecule has 3 rings (SSSR count). The van der Waals surface area contributed by atoms with Crippen LogP contribution in [0.1, 0.15) is 226 Å². The van der Waals surface area contributed by atoms with E-state index in [1.807, 2.05) is 6.08 Å². The Kier molecular flexibility index (Phi) is 53.9. The molecule has 0 saturated carbocycles. The molecule has 3 fully saturated rings. The van der Waals surface area contributed by atoms with Crippen LogP contribution in [0.4, 0.5) is 0 Å². The minimum atomic E-state index is -1.99. The van der Waals surface area contributed by atoms with Gasteiger partial charge in [-0.05, 0) is 109 Å². The largest absolute Gasteiger partial charge is 0.394 e. The van der Waals surface area contributed by atoms with Crippen molar-refractivity contribution < 1.29 is 89.4 Å². The molecule has 0 bridgehead atoms. The molecule has 3 saturated heterocycles. The van der Waals surface area contributed by atoms with Crippen LogP contribution in [0.2, 0.25) is 0 Å². The van der Waals surface area contributed by atoms with Gasteiger partial charge in [-0.3, -0.25) is 4.79 Å². The van der Waals surface area contributed by atoms with Crippen LogP contribution in [0.5, 0.6) is 0 Å². The fourth-order valence-electron chi connectivity index (χ4n) is 11.8. The molecular weight excluding hydrogens is 1270 g/mol. The van der Waals surface area contributed by atoms with Crippen molar-refractivity contribution in [1.29, 1.82) is 0 Å². The number of hydrogen-bond acceptors (Lipinski definition) is 18. The molecule has 3 heterocycles. The first-order chi connectivity index (χ1) is 48.8. The van der Waals surface area contributed by atoms with Crippen molar-refractivity contribution in [3.05, 3.63) is 146 Å². The lowest BCUT2D eigenvalue weighted by atomic mass is 9.96. The molecule has 0 aromatic rings. The van der Waals surface area contributed by atoms with Crippen LogP contribution in [0.25, 0.3) is 0 Å². The molecule has 0 aliphatic carbocycles. The van der Waals surface area contributed by atoms with Crippen molar-refractivity contribution in [2.24, 2.45) is 0 Å². The number of rotatable bonds is 57. The van der Waals surface area contributed by atoms with Gasteiger partial charge in [0.1, 0.15) is 73.2 Å². The van der Waals surface area contributed by atoms with E-state index < -0.39 is 124 Å². The first-order valence-corrected chi connectivity index (χ1v) is 38.1. The molecule has 3 aliphatic rings. The van der Waals surface area contributed by atoms with Crippen LogP contribution in [0, 0.1) is 0 Å². The molecule has 19 heteroatoms. The molecule has 3 aliphatic heterocycles. The molecule has 0 spiro atoms. The summed E-state index contributed by atoms with van der Waals surface area (Å²) in [7, 11) is 0. The van der Waals surface area contributed by atoms with Gasteiger partial charge in [-0.15, -0.1) is 0 Å². The van der Waals surface area contributed by atoms with Crippen LogP contribution in [-0.2, 0) is 33.2 Å². The molecule has 17 unspecified atom stereocenters. The summed E-state index contributed by atoms with van der Waals surface area (Å²) in [6.45, 7) is 1.56. The topological polar surface area (TPSA) is 307 Å². The molecule has 1 amide bonds. The van der Waals surface area contributed by atoms with E-state index in [0.29, 0.717) is 12.8 Å². The molecule has 0 radical (unpaired) electrons. The van der Waals surface area contributed by atoms with E-state index in [1.165, 1.54) is 77.0 Å². The Morgan fingerprint density at radius 1 is 0.370 bits per heavy atom. The number of amides is 1. The van der Waals surface area contributed by atoms with E-state index >= 15 is 0 Å². The molecular formula is C81H133NO18. The maximum atomic E-state index is 13.4. The van der Waals surface area contributed by atoms with Crippen LogP contribution in [0.3, 0.4) is 0 Å². The highest BCUT2D eigenvalue weighted by molar-refractivity contribution is 5.76. The number of ether oxygens (including phenoxy) is 6. The molecule has 0 aromatic carbocycles. The summed E-state index contributed by atoms with van der Waals surface area (Å²) in [5.74, 6) is -0.297.